The quantitative estimate of drug-likeness (QED) is 0.160. The third-order valence-electron chi connectivity index (χ3n) is 12.8. The van der Waals surface area contributed by atoms with Gasteiger partial charge < -0.3 is 37.9 Å². The zero-order valence-electron chi connectivity index (χ0n) is 31.2. The molecule has 6 heterocycles. The Balaban J connectivity index is 1.20. The standard InChI is InChI=1S/C50H26N2O6P2/c53-59-45-33-21-11-23-35(45)55-41-31-19-9-8-14-28(31)26-38(47(41)59)58-44-40-50-43(39(49(44)59)51(33)29-15-3-1-4-16-29)57-37-25-27-13-7-10-20-32(27)42-48(37)60(50,54)46-34(22-12-24-36(46)56-42)52(40)30-17-5-2-6-18-30/h1-26H. The fourth-order valence-electron chi connectivity index (χ4n) is 10.6. The van der Waals surface area contributed by atoms with Gasteiger partial charge in [0.05, 0.1) is 32.6 Å². The molecule has 0 aromatic heterocycles. The second kappa shape index (κ2) is 10.5. The summed E-state index contributed by atoms with van der Waals surface area (Å²) in [5.74, 6) is 3.70. The molecule has 0 fully saturated rings. The number of ether oxygens (including phenoxy) is 4. The van der Waals surface area contributed by atoms with Gasteiger partial charge in [0.2, 0.25) is 0 Å². The minimum Gasteiger partial charge on any atom is -0.455 e. The van der Waals surface area contributed by atoms with Crippen molar-refractivity contribution in [1.82, 2.24) is 0 Å². The van der Waals surface area contributed by atoms with Gasteiger partial charge in [-0.25, -0.2) is 0 Å². The minimum atomic E-state index is -3.89. The molecule has 6 aliphatic rings. The molecule has 0 saturated heterocycles. The number of rotatable bonds is 2. The number of nitrogens with zero attached hydrogens (tertiary/aromatic N) is 2. The maximum atomic E-state index is 17.4. The van der Waals surface area contributed by atoms with Gasteiger partial charge in [-0.1, -0.05) is 97.1 Å². The second-order valence-electron chi connectivity index (χ2n) is 15.8. The molecule has 0 radical (unpaired) electrons. The van der Waals surface area contributed by atoms with Crippen molar-refractivity contribution in [2.75, 3.05) is 9.80 Å². The van der Waals surface area contributed by atoms with Crippen LogP contribution in [0.2, 0.25) is 0 Å². The van der Waals surface area contributed by atoms with E-state index < -0.39 is 14.3 Å². The first-order valence-corrected chi connectivity index (χ1v) is 23.2. The molecular formula is C50H26N2O6P2. The van der Waals surface area contributed by atoms with Crippen LogP contribution in [0.4, 0.5) is 34.1 Å². The van der Waals surface area contributed by atoms with Crippen LogP contribution in [0, 0.1) is 0 Å². The molecule has 0 spiro atoms. The van der Waals surface area contributed by atoms with E-state index in [4.69, 9.17) is 18.9 Å². The molecule has 6 aliphatic heterocycles. The minimum absolute atomic E-state index is 0.375. The van der Waals surface area contributed by atoms with Gasteiger partial charge in [0, 0.05) is 22.1 Å². The van der Waals surface area contributed by atoms with E-state index in [1.54, 1.807) is 0 Å². The Hall–Kier alpha value is -7.24. The van der Waals surface area contributed by atoms with Crippen LogP contribution in [0.3, 0.4) is 0 Å². The summed E-state index contributed by atoms with van der Waals surface area (Å²) in [4.78, 5) is 4.20. The van der Waals surface area contributed by atoms with Crippen molar-refractivity contribution in [3.8, 4) is 46.0 Å². The molecule has 0 amide bonds. The maximum absolute atomic E-state index is 17.4. The number of fused-ring (bicyclic) bond motifs is 6. The lowest BCUT2D eigenvalue weighted by Crippen LogP contribution is -2.48. The lowest BCUT2D eigenvalue weighted by molar-refractivity contribution is 0.457. The molecular weight excluding hydrogens is 787 g/mol. The summed E-state index contributed by atoms with van der Waals surface area (Å²) >= 11 is 0. The number of hydrogen-bond donors (Lipinski definition) is 0. The van der Waals surface area contributed by atoms with Gasteiger partial charge in [0.25, 0.3) is 0 Å². The van der Waals surface area contributed by atoms with Crippen LogP contribution in [-0.2, 0) is 9.13 Å². The molecule has 2 unspecified atom stereocenters. The van der Waals surface area contributed by atoms with Crippen molar-refractivity contribution in [2.24, 2.45) is 0 Å². The van der Waals surface area contributed by atoms with Gasteiger partial charge in [0.15, 0.2) is 25.8 Å². The molecule has 8 nitrogen and oxygen atoms in total. The van der Waals surface area contributed by atoms with Crippen LogP contribution in [0.15, 0.2) is 158 Å². The van der Waals surface area contributed by atoms with E-state index in [0.717, 1.165) is 32.9 Å². The van der Waals surface area contributed by atoms with Crippen LogP contribution in [-0.4, -0.2) is 0 Å². The summed E-state index contributed by atoms with van der Waals surface area (Å²) in [6.07, 6.45) is 0. The van der Waals surface area contributed by atoms with Gasteiger partial charge >= 0.3 is 0 Å². The first-order chi connectivity index (χ1) is 29.5. The Bertz CT molecular complexity index is 3410. The smallest absolute Gasteiger partial charge is 0.190 e. The van der Waals surface area contributed by atoms with Crippen LogP contribution in [0.5, 0.6) is 46.0 Å². The van der Waals surface area contributed by atoms with Gasteiger partial charge in [0.1, 0.15) is 56.5 Å². The topological polar surface area (TPSA) is 77.5 Å². The van der Waals surface area contributed by atoms with Crippen molar-refractivity contribution in [1.29, 1.82) is 0 Å². The highest BCUT2D eigenvalue weighted by Gasteiger charge is 2.61. The highest BCUT2D eigenvalue weighted by atomic mass is 31.2. The zero-order valence-corrected chi connectivity index (χ0v) is 33.0. The largest absolute Gasteiger partial charge is 0.455 e. The van der Waals surface area contributed by atoms with Gasteiger partial charge in [-0.3, -0.25) is 0 Å². The predicted octanol–water partition coefficient (Wildman–Crippen LogP) is 11.3. The van der Waals surface area contributed by atoms with Gasteiger partial charge in [-0.15, -0.1) is 0 Å². The van der Waals surface area contributed by atoms with Crippen LogP contribution < -0.4 is 60.6 Å². The first-order valence-electron chi connectivity index (χ1n) is 19.8. The summed E-state index contributed by atoms with van der Waals surface area (Å²) in [6, 6.07) is 51.5. The van der Waals surface area contributed by atoms with E-state index in [-0.39, 0.29) is 0 Å². The highest BCUT2D eigenvalue weighted by Crippen LogP contribution is 2.73. The van der Waals surface area contributed by atoms with E-state index in [9.17, 15) is 0 Å². The SMILES string of the molecule is O=P12c3c4cccc3N(c3ccccc3)c3c5c6c(c(c31)Oc1cc3ccccc3c(c12)O4)N(c1ccccc1)c1cccc2c1P6(=O)c1c(cc3ccccc3c1O2)O5. The average Bonchev–Trinajstić information content (AvgIpc) is 3.27. The van der Waals surface area contributed by atoms with Gasteiger partial charge in [-0.05, 0) is 71.4 Å². The van der Waals surface area contributed by atoms with Crippen molar-refractivity contribution in [3.63, 3.8) is 0 Å². The lowest BCUT2D eigenvalue weighted by atomic mass is 10.1. The van der Waals surface area contributed by atoms with E-state index >= 15 is 9.13 Å². The molecule has 2 atom stereocenters. The summed E-state index contributed by atoms with van der Waals surface area (Å²) in [5.41, 5.74) is 4.07. The fourth-order valence-corrected chi connectivity index (χ4v) is 17.4. The third-order valence-corrected chi connectivity index (χ3v) is 19.2. The molecule has 0 saturated carbocycles. The number of hydrogen-bond acceptors (Lipinski definition) is 8. The molecule has 0 aliphatic carbocycles. The summed E-state index contributed by atoms with van der Waals surface area (Å²) in [5, 5.41) is 6.63. The normalized spacial score (nSPS) is 19.4. The molecule has 15 rings (SSSR count). The Kier molecular flexibility index (Phi) is 5.54. The Morgan fingerprint density at radius 1 is 0.350 bits per heavy atom. The van der Waals surface area contributed by atoms with E-state index in [1.165, 1.54) is 0 Å². The predicted molar refractivity (Wildman–Crippen MR) is 237 cm³/mol. The number of anilines is 6. The summed E-state index contributed by atoms with van der Waals surface area (Å²) < 4.78 is 63.3. The fraction of sp³-hybridized carbons (Fsp3) is 0. The molecule has 0 bridgehead atoms. The second-order valence-corrected chi connectivity index (χ2v) is 20.9. The van der Waals surface area contributed by atoms with Gasteiger partial charge in [-0.2, -0.15) is 0 Å². The highest BCUT2D eigenvalue weighted by molar-refractivity contribution is 7.88. The lowest BCUT2D eigenvalue weighted by Gasteiger charge is -2.49. The molecule has 0 N–H and O–H groups in total. The van der Waals surface area contributed by atoms with Crippen LogP contribution in [0.25, 0.3) is 21.5 Å². The molecule has 10 heteroatoms. The van der Waals surface area contributed by atoms with Crippen molar-refractivity contribution >= 4 is 102 Å². The first kappa shape index (κ1) is 31.7. The molecule has 9 aromatic rings. The Morgan fingerprint density at radius 2 is 0.750 bits per heavy atom. The zero-order chi connectivity index (χ0) is 39.2. The average molecular weight is 813 g/mol. The van der Waals surface area contributed by atoms with Crippen LogP contribution >= 0.6 is 14.3 Å². The van der Waals surface area contributed by atoms with Crippen molar-refractivity contribution in [3.05, 3.63) is 158 Å². The third kappa shape index (κ3) is 3.45. The molecule has 282 valence electrons. The van der Waals surface area contributed by atoms with E-state index in [1.807, 2.05) is 158 Å². The summed E-state index contributed by atoms with van der Waals surface area (Å²) in [6.45, 7) is 0. The number of para-hydroxylation sites is 2. The van der Waals surface area contributed by atoms with E-state index in [2.05, 4.69) is 9.80 Å². The molecule has 9 aromatic carbocycles. The Morgan fingerprint density at radius 3 is 1.20 bits per heavy atom. The monoisotopic (exact) mass is 812 g/mol. The maximum Gasteiger partial charge on any atom is 0.190 e. The van der Waals surface area contributed by atoms with Crippen molar-refractivity contribution in [2.45, 2.75) is 0 Å². The van der Waals surface area contributed by atoms with Crippen LogP contribution in [0.1, 0.15) is 0 Å². The van der Waals surface area contributed by atoms with E-state index in [0.29, 0.717) is 101 Å². The Labute approximate surface area is 342 Å². The summed E-state index contributed by atoms with van der Waals surface area (Å²) in [7, 11) is -7.78. The number of benzene rings is 9. The molecule has 60 heavy (non-hydrogen) atoms. The van der Waals surface area contributed by atoms with Crippen molar-refractivity contribution < 1.29 is 28.1 Å².